The normalized spacial score (nSPS) is 10.8. The van der Waals surface area contributed by atoms with Gasteiger partial charge in [-0.25, -0.2) is 0 Å². The molecule has 1 N–H and O–H groups in total. The predicted molar refractivity (Wildman–Crippen MR) is 124 cm³/mol. The van der Waals surface area contributed by atoms with E-state index in [0.29, 0.717) is 17.0 Å². The van der Waals surface area contributed by atoms with Crippen molar-refractivity contribution in [2.24, 2.45) is 0 Å². The van der Waals surface area contributed by atoms with Crippen molar-refractivity contribution < 1.29 is 14.3 Å². The maximum atomic E-state index is 12.2. The molecule has 3 rings (SSSR count). The monoisotopic (exact) mass is 463 g/mol. The van der Waals surface area contributed by atoms with Crippen molar-refractivity contribution in [1.29, 1.82) is 0 Å². The summed E-state index contributed by atoms with van der Waals surface area (Å²) in [5.41, 5.74) is 4.31. The van der Waals surface area contributed by atoms with Gasteiger partial charge in [-0.15, -0.1) is 0 Å². The topological polar surface area (TPSA) is 55.4 Å². The van der Waals surface area contributed by atoms with Gasteiger partial charge in [-0.3, -0.25) is 9.59 Å². The lowest BCUT2D eigenvalue weighted by molar-refractivity contribution is -0.118. The minimum Gasteiger partial charge on any atom is -0.483 e. The number of ether oxygens (including phenoxy) is 1. The van der Waals surface area contributed by atoms with Crippen LogP contribution in [0, 0.1) is 13.8 Å². The zero-order chi connectivity index (χ0) is 21.5. The second kappa shape index (κ2) is 10.0. The molecular formula is C25H22BrNO3. The molecule has 0 heterocycles. The van der Waals surface area contributed by atoms with Crippen LogP contribution in [0.15, 0.2) is 77.3 Å². The molecule has 0 atom stereocenters. The van der Waals surface area contributed by atoms with E-state index in [9.17, 15) is 9.59 Å². The molecule has 152 valence electrons. The molecule has 0 spiro atoms. The van der Waals surface area contributed by atoms with E-state index in [0.717, 1.165) is 21.2 Å². The fourth-order valence-electron chi connectivity index (χ4n) is 2.86. The SMILES string of the molecule is Cc1ccc(OCC(=O)Nc2ccc(C=CC(=O)c3ccc(Br)cc3)cc2)c(C)c1. The van der Waals surface area contributed by atoms with Gasteiger partial charge in [-0.2, -0.15) is 0 Å². The van der Waals surface area contributed by atoms with Crippen molar-refractivity contribution in [3.63, 3.8) is 0 Å². The van der Waals surface area contributed by atoms with Crippen molar-refractivity contribution >= 4 is 39.4 Å². The first-order chi connectivity index (χ1) is 14.4. The van der Waals surface area contributed by atoms with Crippen LogP contribution in [-0.4, -0.2) is 18.3 Å². The van der Waals surface area contributed by atoms with Gasteiger partial charge >= 0.3 is 0 Å². The fourth-order valence-corrected chi connectivity index (χ4v) is 3.13. The molecule has 0 aliphatic rings. The highest BCUT2D eigenvalue weighted by atomic mass is 79.9. The number of hydrogen-bond donors (Lipinski definition) is 1. The van der Waals surface area contributed by atoms with E-state index < -0.39 is 0 Å². The average Bonchev–Trinajstić information content (AvgIpc) is 2.73. The number of allylic oxidation sites excluding steroid dienone is 1. The Balaban J connectivity index is 1.52. The molecule has 0 radical (unpaired) electrons. The molecule has 0 aliphatic carbocycles. The summed E-state index contributed by atoms with van der Waals surface area (Å²) in [6.07, 6.45) is 3.29. The molecule has 5 heteroatoms. The summed E-state index contributed by atoms with van der Waals surface area (Å²) in [6, 6.07) is 20.3. The highest BCUT2D eigenvalue weighted by Gasteiger charge is 2.06. The fraction of sp³-hybridized carbons (Fsp3) is 0.120. The minimum atomic E-state index is -0.233. The van der Waals surface area contributed by atoms with Gasteiger partial charge in [0.15, 0.2) is 12.4 Å². The van der Waals surface area contributed by atoms with Crippen LogP contribution in [0.4, 0.5) is 5.69 Å². The third-order valence-corrected chi connectivity index (χ3v) is 4.97. The van der Waals surface area contributed by atoms with Gasteiger partial charge in [0.05, 0.1) is 0 Å². The Morgan fingerprint density at radius 3 is 2.33 bits per heavy atom. The van der Waals surface area contributed by atoms with Crippen LogP contribution >= 0.6 is 15.9 Å². The molecule has 1 amide bonds. The number of amides is 1. The second-order valence-electron chi connectivity index (χ2n) is 6.93. The van der Waals surface area contributed by atoms with Crippen LogP contribution in [0.25, 0.3) is 6.08 Å². The van der Waals surface area contributed by atoms with Gasteiger partial charge in [-0.1, -0.05) is 51.8 Å². The van der Waals surface area contributed by atoms with E-state index in [1.54, 1.807) is 30.3 Å². The number of carbonyl (C=O) groups is 2. The Labute approximate surface area is 184 Å². The summed E-state index contributed by atoms with van der Waals surface area (Å²) < 4.78 is 6.53. The Kier molecular flexibility index (Phi) is 7.20. The molecule has 0 fully saturated rings. The average molecular weight is 464 g/mol. The van der Waals surface area contributed by atoms with Crippen molar-refractivity contribution in [1.82, 2.24) is 0 Å². The van der Waals surface area contributed by atoms with E-state index in [1.165, 1.54) is 6.08 Å². The van der Waals surface area contributed by atoms with Gasteiger partial charge in [-0.05, 0) is 73.5 Å². The van der Waals surface area contributed by atoms with Crippen LogP contribution in [0.1, 0.15) is 27.0 Å². The first-order valence-electron chi connectivity index (χ1n) is 9.49. The highest BCUT2D eigenvalue weighted by Crippen LogP contribution is 2.19. The third-order valence-electron chi connectivity index (χ3n) is 4.44. The molecule has 0 saturated heterocycles. The summed E-state index contributed by atoms with van der Waals surface area (Å²) in [4.78, 5) is 24.3. The number of nitrogens with one attached hydrogen (secondary N) is 1. The van der Waals surface area contributed by atoms with Crippen LogP contribution in [-0.2, 0) is 4.79 Å². The van der Waals surface area contributed by atoms with E-state index >= 15 is 0 Å². The number of benzene rings is 3. The third kappa shape index (κ3) is 6.16. The number of aryl methyl sites for hydroxylation is 2. The lowest BCUT2D eigenvalue weighted by atomic mass is 10.1. The van der Waals surface area contributed by atoms with Gasteiger partial charge in [0.25, 0.3) is 5.91 Å². The zero-order valence-corrected chi connectivity index (χ0v) is 18.4. The molecule has 0 unspecified atom stereocenters. The van der Waals surface area contributed by atoms with Gasteiger partial charge in [0.2, 0.25) is 0 Å². The van der Waals surface area contributed by atoms with Crippen LogP contribution in [0.3, 0.4) is 0 Å². The number of hydrogen-bond acceptors (Lipinski definition) is 3. The summed E-state index contributed by atoms with van der Waals surface area (Å²) in [6.45, 7) is 3.90. The van der Waals surface area contributed by atoms with Crippen molar-refractivity contribution in [3.8, 4) is 5.75 Å². The summed E-state index contributed by atoms with van der Waals surface area (Å²) in [5.74, 6) is 0.402. The first-order valence-corrected chi connectivity index (χ1v) is 10.3. The molecule has 0 aliphatic heterocycles. The molecule has 3 aromatic rings. The zero-order valence-electron chi connectivity index (χ0n) is 16.8. The van der Waals surface area contributed by atoms with Crippen molar-refractivity contribution in [3.05, 3.63) is 99.5 Å². The molecule has 0 bridgehead atoms. The Morgan fingerprint density at radius 2 is 1.67 bits per heavy atom. The molecule has 0 aromatic heterocycles. The maximum absolute atomic E-state index is 12.2. The lowest BCUT2D eigenvalue weighted by Gasteiger charge is -2.10. The molecule has 30 heavy (non-hydrogen) atoms. The lowest BCUT2D eigenvalue weighted by Crippen LogP contribution is -2.20. The Morgan fingerprint density at radius 1 is 0.967 bits per heavy atom. The largest absolute Gasteiger partial charge is 0.483 e. The standard InChI is InChI=1S/C25H22BrNO3/c1-17-3-14-24(18(2)15-17)30-16-25(29)27-22-11-4-19(5-12-22)6-13-23(28)20-7-9-21(26)10-8-20/h3-15H,16H2,1-2H3,(H,27,29). The minimum absolute atomic E-state index is 0.0623. The van der Waals surface area contributed by atoms with Gasteiger partial charge in [0.1, 0.15) is 5.75 Å². The van der Waals surface area contributed by atoms with Crippen LogP contribution < -0.4 is 10.1 Å². The van der Waals surface area contributed by atoms with E-state index in [1.807, 2.05) is 56.3 Å². The molecule has 0 saturated carbocycles. The smallest absolute Gasteiger partial charge is 0.262 e. The molecular weight excluding hydrogens is 442 g/mol. The Bertz CT molecular complexity index is 1070. The van der Waals surface area contributed by atoms with E-state index in [-0.39, 0.29) is 18.3 Å². The molecule has 3 aromatic carbocycles. The van der Waals surface area contributed by atoms with Gasteiger partial charge in [0, 0.05) is 15.7 Å². The number of carbonyl (C=O) groups excluding carboxylic acids is 2. The predicted octanol–water partition coefficient (Wildman–Crippen LogP) is 5.98. The van der Waals surface area contributed by atoms with E-state index in [2.05, 4.69) is 21.2 Å². The first kappa shape index (κ1) is 21.5. The summed E-state index contributed by atoms with van der Waals surface area (Å²) in [5, 5.41) is 2.81. The maximum Gasteiger partial charge on any atom is 0.262 e. The summed E-state index contributed by atoms with van der Waals surface area (Å²) >= 11 is 3.35. The summed E-state index contributed by atoms with van der Waals surface area (Å²) in [7, 11) is 0. The molecule has 4 nitrogen and oxygen atoms in total. The quantitative estimate of drug-likeness (QED) is 0.346. The second-order valence-corrected chi connectivity index (χ2v) is 7.85. The number of ketones is 1. The number of rotatable bonds is 7. The van der Waals surface area contributed by atoms with Crippen molar-refractivity contribution in [2.45, 2.75) is 13.8 Å². The van der Waals surface area contributed by atoms with Crippen LogP contribution in [0.5, 0.6) is 5.75 Å². The number of halogens is 1. The van der Waals surface area contributed by atoms with Gasteiger partial charge < -0.3 is 10.1 Å². The van der Waals surface area contributed by atoms with E-state index in [4.69, 9.17) is 4.74 Å². The van der Waals surface area contributed by atoms with Crippen LogP contribution in [0.2, 0.25) is 0 Å². The van der Waals surface area contributed by atoms with Crippen molar-refractivity contribution in [2.75, 3.05) is 11.9 Å². The highest BCUT2D eigenvalue weighted by molar-refractivity contribution is 9.10. The number of anilines is 1. The Hall–Kier alpha value is -3.18.